The molecule has 0 atom stereocenters. The number of aromatic nitrogens is 2. The molecule has 0 fully saturated rings. The maximum atomic E-state index is 11.8. The lowest BCUT2D eigenvalue weighted by Gasteiger charge is -2.02. The second-order valence-corrected chi connectivity index (χ2v) is 5.61. The summed E-state index contributed by atoms with van der Waals surface area (Å²) >= 11 is 4.86. The summed E-state index contributed by atoms with van der Waals surface area (Å²) in [6.07, 6.45) is 2.82. The fraction of sp³-hybridized carbons (Fsp3) is 0.250. The molecule has 18 heavy (non-hydrogen) atoms. The Bertz CT molecular complexity index is 556. The fourth-order valence-corrected chi connectivity index (χ4v) is 2.52. The predicted octanol–water partition coefficient (Wildman–Crippen LogP) is 2.79. The van der Waals surface area contributed by atoms with Gasteiger partial charge in [0.15, 0.2) is 0 Å². The molecule has 0 bridgehead atoms. The number of carbonyl (C=O) groups excluding carboxylic acids is 1. The molecule has 0 unspecified atom stereocenters. The van der Waals surface area contributed by atoms with Gasteiger partial charge in [-0.1, -0.05) is 13.0 Å². The van der Waals surface area contributed by atoms with Gasteiger partial charge < -0.3 is 5.32 Å². The third kappa shape index (κ3) is 3.36. The number of hydrogen-bond donors (Lipinski definition) is 1. The van der Waals surface area contributed by atoms with Gasteiger partial charge in [0.05, 0.1) is 6.54 Å². The summed E-state index contributed by atoms with van der Waals surface area (Å²) in [5.74, 6) is -0.190. The van der Waals surface area contributed by atoms with Crippen LogP contribution in [0.15, 0.2) is 29.0 Å². The average molecular weight is 326 g/mol. The van der Waals surface area contributed by atoms with Crippen LogP contribution in [0.2, 0.25) is 0 Å². The number of carbonyl (C=O) groups is 1. The molecular formula is C12H12BrN3OS. The van der Waals surface area contributed by atoms with Crippen LogP contribution in [0.1, 0.15) is 27.3 Å². The van der Waals surface area contributed by atoms with Crippen molar-refractivity contribution in [3.05, 3.63) is 44.6 Å². The number of rotatable bonds is 4. The Morgan fingerprint density at radius 1 is 1.50 bits per heavy atom. The largest absolute Gasteiger partial charge is 0.344 e. The fourth-order valence-electron chi connectivity index (χ4n) is 1.37. The van der Waals surface area contributed by atoms with Crippen LogP contribution in [-0.4, -0.2) is 15.9 Å². The third-order valence-corrected chi connectivity index (χ3v) is 3.88. The van der Waals surface area contributed by atoms with E-state index in [1.54, 1.807) is 29.5 Å². The lowest BCUT2D eigenvalue weighted by atomic mass is 10.3. The van der Waals surface area contributed by atoms with Crippen LogP contribution >= 0.6 is 27.3 Å². The molecule has 0 aliphatic carbocycles. The highest BCUT2D eigenvalue weighted by atomic mass is 79.9. The molecule has 0 aromatic carbocycles. The van der Waals surface area contributed by atoms with Crippen molar-refractivity contribution in [1.82, 2.24) is 15.3 Å². The molecule has 2 aromatic heterocycles. The van der Waals surface area contributed by atoms with Crippen molar-refractivity contribution in [3.63, 3.8) is 0 Å². The summed E-state index contributed by atoms with van der Waals surface area (Å²) in [5.41, 5.74) is 0.400. The van der Waals surface area contributed by atoms with Crippen LogP contribution in [0.4, 0.5) is 0 Å². The lowest BCUT2D eigenvalue weighted by Crippen LogP contribution is -2.23. The van der Waals surface area contributed by atoms with Crippen molar-refractivity contribution < 1.29 is 4.79 Å². The molecule has 1 N–H and O–H groups in total. The molecule has 1 amide bonds. The Morgan fingerprint density at radius 2 is 2.33 bits per heavy atom. The van der Waals surface area contributed by atoms with Crippen molar-refractivity contribution in [2.45, 2.75) is 19.9 Å². The lowest BCUT2D eigenvalue weighted by molar-refractivity contribution is 0.0945. The summed E-state index contributed by atoms with van der Waals surface area (Å²) < 4.78 is 0.651. The number of amides is 1. The molecule has 4 nitrogen and oxygen atoms in total. The SMILES string of the molecule is CCc1cnc(CNC(=O)c2cccc(Br)n2)s1. The highest BCUT2D eigenvalue weighted by Gasteiger charge is 2.08. The van der Waals surface area contributed by atoms with Crippen LogP contribution < -0.4 is 5.32 Å². The van der Waals surface area contributed by atoms with Gasteiger partial charge in [-0.25, -0.2) is 9.97 Å². The zero-order valence-corrected chi connectivity index (χ0v) is 12.2. The normalized spacial score (nSPS) is 10.3. The highest BCUT2D eigenvalue weighted by molar-refractivity contribution is 9.10. The Balaban J connectivity index is 1.96. The molecule has 94 valence electrons. The minimum atomic E-state index is -0.190. The summed E-state index contributed by atoms with van der Waals surface area (Å²) in [6, 6.07) is 5.25. The molecule has 0 saturated carbocycles. The Morgan fingerprint density at radius 3 is 3.00 bits per heavy atom. The van der Waals surface area contributed by atoms with Crippen molar-refractivity contribution in [1.29, 1.82) is 0 Å². The summed E-state index contributed by atoms with van der Waals surface area (Å²) in [6.45, 7) is 2.53. The van der Waals surface area contributed by atoms with Crippen molar-refractivity contribution in [3.8, 4) is 0 Å². The number of nitrogens with one attached hydrogen (secondary N) is 1. The van der Waals surface area contributed by atoms with Gasteiger partial charge in [-0.05, 0) is 34.5 Å². The average Bonchev–Trinajstić information content (AvgIpc) is 2.84. The summed E-state index contributed by atoms with van der Waals surface area (Å²) in [4.78, 5) is 21.4. The number of nitrogens with zero attached hydrogens (tertiary/aromatic N) is 2. The van der Waals surface area contributed by atoms with Gasteiger partial charge in [0.1, 0.15) is 15.3 Å². The number of halogens is 1. The number of aryl methyl sites for hydroxylation is 1. The molecule has 2 rings (SSSR count). The smallest absolute Gasteiger partial charge is 0.270 e. The van der Waals surface area contributed by atoms with Crippen LogP contribution in [0.25, 0.3) is 0 Å². The Hall–Kier alpha value is -1.27. The van der Waals surface area contributed by atoms with E-state index in [2.05, 4.69) is 38.1 Å². The van der Waals surface area contributed by atoms with E-state index in [1.165, 1.54) is 4.88 Å². The van der Waals surface area contributed by atoms with Gasteiger partial charge in [-0.2, -0.15) is 0 Å². The minimum absolute atomic E-state index is 0.190. The molecule has 2 aromatic rings. The molecule has 0 radical (unpaired) electrons. The Kier molecular flexibility index (Phi) is 4.43. The monoisotopic (exact) mass is 325 g/mol. The third-order valence-electron chi connectivity index (χ3n) is 2.30. The van der Waals surface area contributed by atoms with Gasteiger partial charge in [-0.15, -0.1) is 11.3 Å². The maximum Gasteiger partial charge on any atom is 0.270 e. The second-order valence-electron chi connectivity index (χ2n) is 3.60. The number of pyridine rings is 1. The molecular weight excluding hydrogens is 314 g/mol. The highest BCUT2D eigenvalue weighted by Crippen LogP contribution is 2.13. The second kappa shape index (κ2) is 6.06. The maximum absolute atomic E-state index is 11.8. The zero-order chi connectivity index (χ0) is 13.0. The molecule has 6 heteroatoms. The van der Waals surface area contributed by atoms with Gasteiger partial charge in [0, 0.05) is 11.1 Å². The predicted molar refractivity (Wildman–Crippen MR) is 74.6 cm³/mol. The van der Waals surface area contributed by atoms with Gasteiger partial charge >= 0.3 is 0 Å². The van der Waals surface area contributed by atoms with Gasteiger partial charge in [0.2, 0.25) is 0 Å². The van der Waals surface area contributed by atoms with Crippen LogP contribution in [0.5, 0.6) is 0 Å². The van der Waals surface area contributed by atoms with Crippen molar-refractivity contribution in [2.75, 3.05) is 0 Å². The van der Waals surface area contributed by atoms with E-state index in [-0.39, 0.29) is 5.91 Å². The first kappa shape index (κ1) is 13.2. The van der Waals surface area contributed by atoms with E-state index in [0.717, 1.165) is 11.4 Å². The van der Waals surface area contributed by atoms with Gasteiger partial charge in [0.25, 0.3) is 5.91 Å². The van der Waals surface area contributed by atoms with E-state index in [9.17, 15) is 4.79 Å². The summed E-state index contributed by atoms with van der Waals surface area (Å²) in [7, 11) is 0. The van der Waals surface area contributed by atoms with E-state index in [0.29, 0.717) is 16.8 Å². The standard InChI is InChI=1S/C12H12BrN3OS/c1-2-8-6-14-11(18-8)7-15-12(17)9-4-3-5-10(13)16-9/h3-6H,2,7H2,1H3,(H,15,17). The molecule has 2 heterocycles. The summed E-state index contributed by atoms with van der Waals surface area (Å²) in [5, 5.41) is 3.72. The van der Waals surface area contributed by atoms with E-state index in [4.69, 9.17) is 0 Å². The Labute approximate surface area is 118 Å². The molecule has 0 aliphatic rings. The van der Waals surface area contributed by atoms with Crippen molar-refractivity contribution in [2.24, 2.45) is 0 Å². The number of hydrogen-bond acceptors (Lipinski definition) is 4. The zero-order valence-electron chi connectivity index (χ0n) is 9.81. The topological polar surface area (TPSA) is 54.9 Å². The van der Waals surface area contributed by atoms with Crippen LogP contribution in [0, 0.1) is 0 Å². The van der Waals surface area contributed by atoms with Crippen molar-refractivity contribution >= 4 is 33.2 Å². The quantitative estimate of drug-likeness (QED) is 0.879. The minimum Gasteiger partial charge on any atom is -0.344 e. The molecule has 0 saturated heterocycles. The first-order chi connectivity index (χ1) is 8.69. The van der Waals surface area contributed by atoms with Crippen LogP contribution in [-0.2, 0) is 13.0 Å². The number of thiazole rings is 1. The van der Waals surface area contributed by atoms with E-state index < -0.39 is 0 Å². The first-order valence-electron chi connectivity index (χ1n) is 5.53. The van der Waals surface area contributed by atoms with E-state index in [1.807, 2.05) is 6.20 Å². The van der Waals surface area contributed by atoms with Gasteiger partial charge in [-0.3, -0.25) is 4.79 Å². The first-order valence-corrected chi connectivity index (χ1v) is 7.14. The molecule has 0 aliphatic heterocycles. The van der Waals surface area contributed by atoms with Crippen LogP contribution in [0.3, 0.4) is 0 Å². The van der Waals surface area contributed by atoms with E-state index >= 15 is 0 Å². The molecule has 0 spiro atoms.